The summed E-state index contributed by atoms with van der Waals surface area (Å²) >= 11 is 0. The van der Waals surface area contributed by atoms with Crippen molar-refractivity contribution in [2.75, 3.05) is 39.5 Å². The van der Waals surface area contributed by atoms with E-state index in [0.29, 0.717) is 12.5 Å². The van der Waals surface area contributed by atoms with Crippen molar-refractivity contribution in [3.63, 3.8) is 0 Å². The van der Waals surface area contributed by atoms with Crippen molar-refractivity contribution < 1.29 is 14.3 Å². The molecule has 1 amide bonds. The molecule has 2 saturated heterocycles. The molecule has 25 heavy (non-hydrogen) atoms. The molecule has 5 nitrogen and oxygen atoms in total. The van der Waals surface area contributed by atoms with Gasteiger partial charge in [0.2, 0.25) is 5.91 Å². The maximum absolute atomic E-state index is 11.9. The second-order valence-corrected chi connectivity index (χ2v) is 7.16. The number of ether oxygens (including phenoxy) is 2. The lowest BCUT2D eigenvalue weighted by atomic mass is 9.96. The summed E-state index contributed by atoms with van der Waals surface area (Å²) < 4.78 is 10.9. The molecule has 138 valence electrons. The molecule has 1 aromatic rings. The van der Waals surface area contributed by atoms with Crippen LogP contribution in [0.2, 0.25) is 0 Å². The molecule has 1 N–H and O–H groups in total. The predicted octanol–water partition coefficient (Wildman–Crippen LogP) is 2.21. The number of hydrogen-bond donors (Lipinski definition) is 1. The van der Waals surface area contributed by atoms with Gasteiger partial charge in [-0.1, -0.05) is 30.3 Å². The van der Waals surface area contributed by atoms with Crippen molar-refractivity contribution in [2.24, 2.45) is 5.92 Å². The summed E-state index contributed by atoms with van der Waals surface area (Å²) in [6.07, 6.45) is 4.61. The van der Waals surface area contributed by atoms with Crippen LogP contribution in [0.5, 0.6) is 0 Å². The predicted molar refractivity (Wildman–Crippen MR) is 97.2 cm³/mol. The Balaban J connectivity index is 1.25. The molecule has 2 aliphatic rings. The minimum absolute atomic E-state index is 0.00953. The number of rotatable bonds is 8. The van der Waals surface area contributed by atoms with E-state index >= 15 is 0 Å². The Morgan fingerprint density at radius 1 is 1.20 bits per heavy atom. The van der Waals surface area contributed by atoms with E-state index < -0.39 is 0 Å². The average molecular weight is 346 g/mol. The summed E-state index contributed by atoms with van der Waals surface area (Å²) in [4.78, 5) is 14.4. The summed E-state index contributed by atoms with van der Waals surface area (Å²) in [6, 6.07) is 10.6. The van der Waals surface area contributed by atoms with Crippen LogP contribution < -0.4 is 5.32 Å². The Hall–Kier alpha value is -1.43. The molecule has 0 bridgehead atoms. The lowest BCUT2D eigenvalue weighted by molar-refractivity contribution is -0.127. The molecule has 0 unspecified atom stereocenters. The zero-order valence-corrected chi connectivity index (χ0v) is 15.0. The third kappa shape index (κ3) is 6.42. The van der Waals surface area contributed by atoms with Crippen molar-refractivity contribution in [3.05, 3.63) is 35.9 Å². The number of amides is 1. The zero-order valence-electron chi connectivity index (χ0n) is 15.0. The summed E-state index contributed by atoms with van der Waals surface area (Å²) in [5.41, 5.74) is 1.37. The number of piperidine rings is 1. The van der Waals surface area contributed by atoms with Gasteiger partial charge in [0.05, 0.1) is 12.7 Å². The van der Waals surface area contributed by atoms with Gasteiger partial charge in [-0.2, -0.15) is 0 Å². The van der Waals surface area contributed by atoms with Crippen molar-refractivity contribution in [1.82, 2.24) is 10.2 Å². The van der Waals surface area contributed by atoms with Gasteiger partial charge in [0.25, 0.3) is 0 Å². The van der Waals surface area contributed by atoms with E-state index in [1.54, 1.807) is 0 Å². The molecule has 2 aliphatic heterocycles. The van der Waals surface area contributed by atoms with Crippen LogP contribution in [0.25, 0.3) is 0 Å². The summed E-state index contributed by atoms with van der Waals surface area (Å²) in [7, 11) is 0. The molecule has 3 rings (SSSR count). The molecular weight excluding hydrogens is 316 g/mol. The number of carbonyl (C=O) groups is 1. The zero-order chi connectivity index (χ0) is 17.3. The lowest BCUT2D eigenvalue weighted by Gasteiger charge is -2.32. The minimum Gasteiger partial charge on any atom is -0.376 e. The first-order valence-corrected chi connectivity index (χ1v) is 9.52. The van der Waals surface area contributed by atoms with Crippen LogP contribution in [-0.2, 0) is 20.8 Å². The van der Waals surface area contributed by atoms with Crippen molar-refractivity contribution >= 4 is 5.91 Å². The number of carbonyl (C=O) groups excluding carboxylic acids is 1. The van der Waals surface area contributed by atoms with Gasteiger partial charge in [0.1, 0.15) is 6.61 Å². The highest BCUT2D eigenvalue weighted by Crippen LogP contribution is 2.18. The van der Waals surface area contributed by atoms with Gasteiger partial charge >= 0.3 is 0 Å². The molecule has 2 heterocycles. The first-order valence-electron chi connectivity index (χ1n) is 9.52. The first-order chi connectivity index (χ1) is 12.3. The highest BCUT2D eigenvalue weighted by atomic mass is 16.5. The first kappa shape index (κ1) is 18.4. The Bertz CT molecular complexity index is 509. The normalized spacial score (nSPS) is 22.2. The van der Waals surface area contributed by atoms with Crippen LogP contribution in [0.4, 0.5) is 0 Å². The lowest BCUT2D eigenvalue weighted by Crippen LogP contribution is -2.39. The van der Waals surface area contributed by atoms with Gasteiger partial charge in [-0.25, -0.2) is 0 Å². The Morgan fingerprint density at radius 3 is 2.72 bits per heavy atom. The SMILES string of the molecule is O=C(COC[C@@H]1CCCO1)NCC1CCN(Cc2ccccc2)CC1. The van der Waals surface area contributed by atoms with Crippen LogP contribution in [-0.4, -0.2) is 56.4 Å². The molecule has 1 aromatic carbocycles. The molecule has 0 saturated carbocycles. The largest absolute Gasteiger partial charge is 0.376 e. The van der Waals surface area contributed by atoms with Crippen LogP contribution in [0, 0.1) is 5.92 Å². The van der Waals surface area contributed by atoms with E-state index in [1.165, 1.54) is 5.56 Å². The smallest absolute Gasteiger partial charge is 0.246 e. The number of hydrogen-bond acceptors (Lipinski definition) is 4. The van der Waals surface area contributed by atoms with Crippen molar-refractivity contribution in [1.29, 1.82) is 0 Å². The maximum Gasteiger partial charge on any atom is 0.246 e. The fourth-order valence-electron chi connectivity index (χ4n) is 3.56. The van der Waals surface area contributed by atoms with E-state index in [1.807, 2.05) is 0 Å². The van der Waals surface area contributed by atoms with Crippen LogP contribution >= 0.6 is 0 Å². The number of likely N-dealkylation sites (tertiary alicyclic amines) is 1. The third-order valence-corrected chi connectivity index (χ3v) is 5.10. The van der Waals surface area contributed by atoms with Crippen LogP contribution in [0.1, 0.15) is 31.2 Å². The number of nitrogens with one attached hydrogen (secondary N) is 1. The van der Waals surface area contributed by atoms with Gasteiger partial charge in [-0.05, 0) is 50.3 Å². The monoisotopic (exact) mass is 346 g/mol. The van der Waals surface area contributed by atoms with E-state index in [4.69, 9.17) is 9.47 Å². The third-order valence-electron chi connectivity index (χ3n) is 5.10. The number of benzene rings is 1. The molecule has 0 radical (unpaired) electrons. The Morgan fingerprint density at radius 2 is 2.00 bits per heavy atom. The summed E-state index contributed by atoms with van der Waals surface area (Å²) in [5, 5.41) is 3.02. The molecule has 0 spiro atoms. The fourth-order valence-corrected chi connectivity index (χ4v) is 3.56. The molecule has 2 fully saturated rings. The summed E-state index contributed by atoms with van der Waals surface area (Å²) in [5.74, 6) is 0.568. The van der Waals surface area contributed by atoms with Gasteiger partial charge < -0.3 is 14.8 Å². The second kappa shape index (κ2) is 9.90. The van der Waals surface area contributed by atoms with Crippen LogP contribution in [0.3, 0.4) is 0 Å². The van der Waals surface area contributed by atoms with E-state index in [-0.39, 0.29) is 18.6 Å². The van der Waals surface area contributed by atoms with Gasteiger partial charge in [-0.3, -0.25) is 9.69 Å². The average Bonchev–Trinajstić information content (AvgIpc) is 3.15. The molecule has 1 atom stereocenters. The molecule has 5 heteroatoms. The van der Waals surface area contributed by atoms with E-state index in [0.717, 1.165) is 58.5 Å². The standard InChI is InChI=1S/C20H30N2O3/c23-20(16-24-15-19-7-4-12-25-19)21-13-17-8-10-22(11-9-17)14-18-5-2-1-3-6-18/h1-3,5-6,17,19H,4,7-16H2,(H,21,23)/t19-/m0/s1. The summed E-state index contributed by atoms with van der Waals surface area (Å²) in [6.45, 7) is 5.50. The fraction of sp³-hybridized carbons (Fsp3) is 0.650. The van der Waals surface area contributed by atoms with E-state index in [2.05, 4.69) is 40.5 Å². The Labute approximate surface area is 150 Å². The van der Waals surface area contributed by atoms with Gasteiger partial charge in [0.15, 0.2) is 0 Å². The highest BCUT2D eigenvalue weighted by molar-refractivity contribution is 5.77. The quantitative estimate of drug-likeness (QED) is 0.784. The van der Waals surface area contributed by atoms with Gasteiger partial charge in [0, 0.05) is 19.7 Å². The minimum atomic E-state index is -0.00953. The number of nitrogens with zero attached hydrogens (tertiary/aromatic N) is 1. The molecule has 0 aromatic heterocycles. The van der Waals surface area contributed by atoms with Crippen LogP contribution in [0.15, 0.2) is 30.3 Å². The second-order valence-electron chi connectivity index (χ2n) is 7.16. The Kier molecular flexibility index (Phi) is 7.27. The highest BCUT2D eigenvalue weighted by Gasteiger charge is 2.20. The van der Waals surface area contributed by atoms with E-state index in [9.17, 15) is 4.79 Å². The van der Waals surface area contributed by atoms with Crippen molar-refractivity contribution in [3.8, 4) is 0 Å². The van der Waals surface area contributed by atoms with Gasteiger partial charge in [-0.15, -0.1) is 0 Å². The van der Waals surface area contributed by atoms with Crippen molar-refractivity contribution in [2.45, 2.75) is 38.3 Å². The molecular formula is C20H30N2O3. The molecule has 0 aliphatic carbocycles. The topological polar surface area (TPSA) is 50.8 Å². The maximum atomic E-state index is 11.9.